The third-order valence-corrected chi connectivity index (χ3v) is 4.94. The van der Waals surface area contributed by atoms with E-state index in [1.807, 2.05) is 0 Å². The summed E-state index contributed by atoms with van der Waals surface area (Å²) in [6.07, 6.45) is 0. The van der Waals surface area contributed by atoms with E-state index in [4.69, 9.17) is 17.4 Å². The van der Waals surface area contributed by atoms with Crippen molar-refractivity contribution in [2.75, 3.05) is 11.2 Å². The second kappa shape index (κ2) is 7.76. The number of hydrogen-bond donors (Lipinski definition) is 2. The van der Waals surface area contributed by atoms with Crippen LogP contribution in [-0.2, 0) is 4.79 Å². The Bertz CT molecular complexity index is 931. The molecule has 0 saturated carbocycles. The molecular formula is C17H15ClFN5OS. The van der Waals surface area contributed by atoms with Gasteiger partial charge in [0.1, 0.15) is 5.82 Å². The van der Waals surface area contributed by atoms with E-state index in [1.165, 1.54) is 16.8 Å². The molecule has 3 N–H and O–H groups in total. The summed E-state index contributed by atoms with van der Waals surface area (Å²) in [6, 6.07) is 12.7. The third-order valence-electron chi connectivity index (χ3n) is 3.55. The van der Waals surface area contributed by atoms with Gasteiger partial charge >= 0.3 is 0 Å². The molecule has 9 heteroatoms. The van der Waals surface area contributed by atoms with Gasteiger partial charge in [0.25, 0.3) is 0 Å². The van der Waals surface area contributed by atoms with Crippen LogP contribution in [-0.4, -0.2) is 26.0 Å². The van der Waals surface area contributed by atoms with Crippen LogP contribution in [0.15, 0.2) is 53.7 Å². The summed E-state index contributed by atoms with van der Waals surface area (Å²) in [7, 11) is 0. The first kappa shape index (κ1) is 18.2. The molecular weight excluding hydrogens is 377 g/mol. The van der Waals surface area contributed by atoms with Crippen molar-refractivity contribution in [1.29, 1.82) is 0 Å². The van der Waals surface area contributed by atoms with Crippen LogP contribution in [0.4, 0.5) is 10.1 Å². The van der Waals surface area contributed by atoms with Crippen molar-refractivity contribution >= 4 is 35.0 Å². The molecule has 3 aromatic rings. The highest BCUT2D eigenvalue weighted by Gasteiger charge is 2.20. The number of rotatable bonds is 5. The minimum absolute atomic E-state index is 0.241. The molecule has 134 valence electrons. The van der Waals surface area contributed by atoms with Crippen LogP contribution >= 0.6 is 23.4 Å². The molecule has 6 nitrogen and oxygen atoms in total. The lowest BCUT2D eigenvalue weighted by Crippen LogP contribution is -2.23. The minimum Gasteiger partial charge on any atom is -0.335 e. The number of thioether (sulfide) groups is 1. The average Bonchev–Trinajstić information content (AvgIpc) is 2.98. The lowest BCUT2D eigenvalue weighted by Gasteiger charge is -2.12. The maximum atomic E-state index is 13.0. The van der Waals surface area contributed by atoms with E-state index in [0.717, 1.165) is 11.8 Å². The Kier molecular flexibility index (Phi) is 5.43. The molecule has 1 amide bonds. The van der Waals surface area contributed by atoms with Gasteiger partial charge < -0.3 is 11.2 Å². The monoisotopic (exact) mass is 391 g/mol. The molecule has 0 saturated heterocycles. The van der Waals surface area contributed by atoms with Crippen LogP contribution in [0.25, 0.3) is 11.4 Å². The Morgan fingerprint density at radius 1 is 1.23 bits per heavy atom. The number of para-hydroxylation sites is 1. The molecule has 0 aliphatic rings. The number of aromatic nitrogens is 3. The van der Waals surface area contributed by atoms with E-state index < -0.39 is 5.25 Å². The lowest BCUT2D eigenvalue weighted by molar-refractivity contribution is -0.115. The fraction of sp³-hybridized carbons (Fsp3) is 0.118. The van der Waals surface area contributed by atoms with E-state index in [1.54, 1.807) is 43.3 Å². The maximum absolute atomic E-state index is 13.0. The van der Waals surface area contributed by atoms with Crippen molar-refractivity contribution in [1.82, 2.24) is 14.9 Å². The Balaban J connectivity index is 1.71. The first-order chi connectivity index (χ1) is 12.5. The van der Waals surface area contributed by atoms with Crippen molar-refractivity contribution in [3.8, 4) is 11.4 Å². The Morgan fingerprint density at radius 2 is 1.92 bits per heavy atom. The van der Waals surface area contributed by atoms with Gasteiger partial charge in [-0.3, -0.25) is 4.79 Å². The fourth-order valence-electron chi connectivity index (χ4n) is 2.16. The molecule has 26 heavy (non-hydrogen) atoms. The molecule has 0 aliphatic carbocycles. The number of nitrogens with zero attached hydrogens (tertiary/aromatic N) is 3. The number of amides is 1. The van der Waals surface area contributed by atoms with Gasteiger partial charge in [0.15, 0.2) is 5.82 Å². The summed E-state index contributed by atoms with van der Waals surface area (Å²) in [6.45, 7) is 1.73. The Labute approximate surface area is 158 Å². The zero-order valence-corrected chi connectivity index (χ0v) is 15.3. The van der Waals surface area contributed by atoms with Gasteiger partial charge in [-0.15, -0.1) is 10.2 Å². The predicted octanol–water partition coefficient (Wildman–Crippen LogP) is 3.57. The zero-order valence-electron chi connectivity index (χ0n) is 13.7. The second-order valence-corrected chi connectivity index (χ2v) is 7.13. The molecule has 1 heterocycles. The van der Waals surface area contributed by atoms with Gasteiger partial charge in [0.2, 0.25) is 11.1 Å². The molecule has 0 unspecified atom stereocenters. The molecule has 0 aliphatic heterocycles. The van der Waals surface area contributed by atoms with Crippen LogP contribution in [0.5, 0.6) is 0 Å². The van der Waals surface area contributed by atoms with Gasteiger partial charge in [-0.2, -0.15) is 0 Å². The van der Waals surface area contributed by atoms with Gasteiger partial charge in [0.05, 0.1) is 16.0 Å². The molecule has 0 spiro atoms. The van der Waals surface area contributed by atoms with Crippen LogP contribution in [0.1, 0.15) is 6.92 Å². The van der Waals surface area contributed by atoms with E-state index in [2.05, 4.69) is 15.5 Å². The number of halogens is 2. The fourth-order valence-corrected chi connectivity index (χ4v) is 3.11. The van der Waals surface area contributed by atoms with Crippen LogP contribution in [0, 0.1) is 5.82 Å². The number of anilines is 1. The molecule has 2 aromatic carbocycles. The van der Waals surface area contributed by atoms with Crippen LogP contribution < -0.4 is 11.2 Å². The molecule has 0 radical (unpaired) electrons. The molecule has 0 bridgehead atoms. The molecule has 3 rings (SSSR count). The summed E-state index contributed by atoms with van der Waals surface area (Å²) in [5.74, 6) is 5.81. The maximum Gasteiger partial charge on any atom is 0.237 e. The van der Waals surface area contributed by atoms with Gasteiger partial charge in [-0.1, -0.05) is 35.5 Å². The first-order valence-corrected chi connectivity index (χ1v) is 8.90. The van der Waals surface area contributed by atoms with Crippen molar-refractivity contribution in [3.05, 3.63) is 59.4 Å². The second-order valence-electron chi connectivity index (χ2n) is 5.41. The van der Waals surface area contributed by atoms with Gasteiger partial charge in [-0.25, -0.2) is 9.07 Å². The van der Waals surface area contributed by atoms with Crippen molar-refractivity contribution in [2.45, 2.75) is 17.3 Å². The number of carbonyl (C=O) groups excluding carboxylic acids is 1. The normalized spacial score (nSPS) is 12.0. The van der Waals surface area contributed by atoms with Crippen molar-refractivity contribution in [3.63, 3.8) is 0 Å². The highest BCUT2D eigenvalue weighted by molar-refractivity contribution is 8.00. The van der Waals surface area contributed by atoms with E-state index in [0.29, 0.717) is 27.3 Å². The van der Waals surface area contributed by atoms with Crippen LogP contribution in [0.3, 0.4) is 0 Å². The van der Waals surface area contributed by atoms with E-state index in [9.17, 15) is 9.18 Å². The number of hydrogen-bond acceptors (Lipinski definition) is 5. The topological polar surface area (TPSA) is 85.8 Å². The number of nitrogen functional groups attached to an aromatic ring is 1. The Morgan fingerprint density at radius 3 is 2.62 bits per heavy atom. The van der Waals surface area contributed by atoms with Crippen molar-refractivity contribution < 1.29 is 9.18 Å². The van der Waals surface area contributed by atoms with Crippen LogP contribution in [0.2, 0.25) is 5.02 Å². The standard InChI is InChI=1S/C17H15ClFN5OS/c1-10(16(25)21-14-5-3-2-4-13(14)18)26-17-23-22-15(24(17)20)11-6-8-12(19)9-7-11/h2-10H,20H2,1H3,(H,21,25)/t10-/m0/s1. The number of nitrogens with one attached hydrogen (secondary N) is 1. The first-order valence-electron chi connectivity index (χ1n) is 7.64. The Hall–Kier alpha value is -2.58. The summed E-state index contributed by atoms with van der Waals surface area (Å²) in [5.41, 5.74) is 1.16. The van der Waals surface area contributed by atoms with E-state index in [-0.39, 0.29) is 11.7 Å². The summed E-state index contributed by atoms with van der Waals surface area (Å²) < 4.78 is 14.3. The smallest absolute Gasteiger partial charge is 0.237 e. The lowest BCUT2D eigenvalue weighted by atomic mass is 10.2. The summed E-state index contributed by atoms with van der Waals surface area (Å²) in [4.78, 5) is 12.4. The number of benzene rings is 2. The predicted molar refractivity (Wildman–Crippen MR) is 101 cm³/mol. The highest BCUT2D eigenvalue weighted by atomic mass is 35.5. The van der Waals surface area contributed by atoms with Gasteiger partial charge in [0, 0.05) is 5.56 Å². The molecule has 1 atom stereocenters. The summed E-state index contributed by atoms with van der Waals surface area (Å²) in [5, 5.41) is 11.1. The third kappa shape index (κ3) is 3.97. The number of nitrogens with two attached hydrogens (primary N) is 1. The SMILES string of the molecule is C[C@H](Sc1nnc(-c2ccc(F)cc2)n1N)C(=O)Nc1ccccc1Cl. The molecule has 0 fully saturated rings. The highest BCUT2D eigenvalue weighted by Crippen LogP contribution is 2.27. The molecule has 1 aromatic heterocycles. The van der Waals surface area contributed by atoms with Crippen molar-refractivity contribution in [2.24, 2.45) is 0 Å². The summed E-state index contributed by atoms with van der Waals surface area (Å²) >= 11 is 7.20. The van der Waals surface area contributed by atoms with E-state index >= 15 is 0 Å². The average molecular weight is 392 g/mol. The minimum atomic E-state index is -0.487. The number of carbonyl (C=O) groups is 1. The zero-order chi connectivity index (χ0) is 18.7. The van der Waals surface area contributed by atoms with Gasteiger partial charge in [-0.05, 0) is 43.3 Å². The largest absolute Gasteiger partial charge is 0.335 e. The quantitative estimate of drug-likeness (QED) is 0.513.